The highest BCUT2D eigenvalue weighted by molar-refractivity contribution is 9.10. The lowest BCUT2D eigenvalue weighted by atomic mass is 10.1. The lowest BCUT2D eigenvalue weighted by Gasteiger charge is -2.36. The predicted molar refractivity (Wildman–Crippen MR) is 95.0 cm³/mol. The number of carbonyl (C=O) groups excluding carboxylic acids is 1. The molecule has 0 N–H and O–H groups in total. The molecule has 1 heterocycles. The second kappa shape index (κ2) is 7.94. The van der Waals surface area contributed by atoms with E-state index in [0.717, 1.165) is 4.90 Å². The molecular formula is C18H14BrF5N2O2. The summed E-state index contributed by atoms with van der Waals surface area (Å²) in [4.78, 5) is 15.1. The molecule has 1 fully saturated rings. The van der Waals surface area contributed by atoms with Crippen molar-refractivity contribution in [3.63, 3.8) is 0 Å². The molecule has 0 radical (unpaired) electrons. The molecule has 0 saturated carbocycles. The Morgan fingerprint density at radius 3 is 1.96 bits per heavy atom. The molecule has 4 nitrogen and oxygen atoms in total. The number of benzene rings is 2. The maximum absolute atomic E-state index is 14.0. The van der Waals surface area contributed by atoms with Crippen LogP contribution in [-0.4, -0.2) is 44.1 Å². The monoisotopic (exact) mass is 464 g/mol. The number of amides is 1. The normalized spacial score (nSPS) is 14.4. The topological polar surface area (TPSA) is 32.8 Å². The number of carbonyl (C=O) groups is 1. The predicted octanol–water partition coefficient (Wildman–Crippen LogP) is 4.12. The van der Waals surface area contributed by atoms with Gasteiger partial charge in [-0.3, -0.25) is 4.79 Å². The first-order valence-electron chi connectivity index (χ1n) is 8.15. The third kappa shape index (κ3) is 3.52. The molecule has 1 saturated heterocycles. The maximum atomic E-state index is 14.0. The van der Waals surface area contributed by atoms with Crippen molar-refractivity contribution in [2.45, 2.75) is 0 Å². The zero-order valence-electron chi connectivity index (χ0n) is 14.5. The second-order valence-corrected chi connectivity index (χ2v) is 6.90. The van der Waals surface area contributed by atoms with Crippen LogP contribution in [0.5, 0.6) is 5.75 Å². The largest absolute Gasteiger partial charge is 0.496 e. The number of piperazine rings is 1. The van der Waals surface area contributed by atoms with Crippen LogP contribution in [0.2, 0.25) is 0 Å². The maximum Gasteiger partial charge on any atom is 0.254 e. The fourth-order valence-corrected chi connectivity index (χ4v) is 3.53. The third-order valence-corrected chi connectivity index (χ3v) is 5.09. The Bertz CT molecular complexity index is 904. The van der Waals surface area contributed by atoms with Crippen molar-refractivity contribution in [3.05, 3.63) is 57.3 Å². The molecule has 1 aliphatic heterocycles. The van der Waals surface area contributed by atoms with Crippen LogP contribution in [0, 0.1) is 29.1 Å². The average Bonchev–Trinajstić information content (AvgIpc) is 2.71. The van der Waals surface area contributed by atoms with E-state index in [1.165, 1.54) is 12.0 Å². The van der Waals surface area contributed by atoms with Gasteiger partial charge < -0.3 is 14.5 Å². The number of nitrogens with zero attached hydrogens (tertiary/aromatic N) is 2. The third-order valence-electron chi connectivity index (χ3n) is 4.47. The molecule has 1 aliphatic rings. The smallest absolute Gasteiger partial charge is 0.254 e. The lowest BCUT2D eigenvalue weighted by Crippen LogP contribution is -2.49. The van der Waals surface area contributed by atoms with Gasteiger partial charge in [0.25, 0.3) is 5.91 Å². The molecule has 0 atom stereocenters. The van der Waals surface area contributed by atoms with Gasteiger partial charge >= 0.3 is 0 Å². The first kappa shape index (κ1) is 20.4. The standard InChI is InChI=1S/C18H14BrF5N2O2/c1-28-11-3-2-9(8-10(11)19)18(27)26-6-4-25(5-7-26)17-15(23)13(21)12(20)14(22)16(17)24/h2-3,8H,4-7H2,1H3. The van der Waals surface area contributed by atoms with Gasteiger partial charge in [0.05, 0.1) is 11.6 Å². The van der Waals surface area contributed by atoms with E-state index in [9.17, 15) is 26.7 Å². The van der Waals surface area contributed by atoms with E-state index < -0.39 is 34.8 Å². The van der Waals surface area contributed by atoms with Crippen LogP contribution in [0.4, 0.5) is 27.6 Å². The summed E-state index contributed by atoms with van der Waals surface area (Å²) in [7, 11) is 1.49. The number of hydrogen-bond donors (Lipinski definition) is 0. The molecule has 1 amide bonds. The first-order valence-corrected chi connectivity index (χ1v) is 8.94. The Hall–Kier alpha value is -2.36. The molecule has 0 spiro atoms. The van der Waals surface area contributed by atoms with E-state index >= 15 is 0 Å². The van der Waals surface area contributed by atoms with E-state index in [-0.39, 0.29) is 32.1 Å². The Kier molecular flexibility index (Phi) is 5.78. The molecule has 3 rings (SSSR count). The van der Waals surface area contributed by atoms with Crippen LogP contribution in [0.25, 0.3) is 0 Å². The van der Waals surface area contributed by atoms with Gasteiger partial charge in [-0.1, -0.05) is 0 Å². The van der Waals surface area contributed by atoms with Gasteiger partial charge in [-0.15, -0.1) is 0 Å². The molecular weight excluding hydrogens is 451 g/mol. The van der Waals surface area contributed by atoms with E-state index in [0.29, 0.717) is 15.8 Å². The van der Waals surface area contributed by atoms with Gasteiger partial charge in [-0.25, -0.2) is 22.0 Å². The van der Waals surface area contributed by atoms with Gasteiger partial charge in [0.2, 0.25) is 5.82 Å². The Morgan fingerprint density at radius 2 is 1.46 bits per heavy atom. The highest BCUT2D eigenvalue weighted by Gasteiger charge is 2.31. The minimum Gasteiger partial charge on any atom is -0.496 e. The Balaban J connectivity index is 1.77. The zero-order valence-corrected chi connectivity index (χ0v) is 16.1. The number of anilines is 1. The summed E-state index contributed by atoms with van der Waals surface area (Å²) in [5.74, 6) is -9.71. The summed E-state index contributed by atoms with van der Waals surface area (Å²) in [5, 5.41) is 0. The van der Waals surface area contributed by atoms with Crippen molar-refractivity contribution in [1.82, 2.24) is 4.90 Å². The summed E-state index contributed by atoms with van der Waals surface area (Å²) in [6.45, 7) is -0.0488. The number of hydrogen-bond acceptors (Lipinski definition) is 3. The number of rotatable bonds is 3. The molecule has 2 aromatic rings. The molecule has 0 aliphatic carbocycles. The van der Waals surface area contributed by atoms with Gasteiger partial charge in [-0.2, -0.15) is 0 Å². The molecule has 0 aromatic heterocycles. The average molecular weight is 465 g/mol. The summed E-state index contributed by atoms with van der Waals surface area (Å²) in [6, 6.07) is 4.77. The van der Waals surface area contributed by atoms with Gasteiger partial charge in [-0.05, 0) is 34.1 Å². The number of halogens is 6. The summed E-state index contributed by atoms with van der Waals surface area (Å²) < 4.78 is 73.6. The van der Waals surface area contributed by atoms with Crippen molar-refractivity contribution >= 4 is 27.5 Å². The van der Waals surface area contributed by atoms with Crippen LogP contribution in [0.1, 0.15) is 10.4 Å². The quantitative estimate of drug-likeness (QED) is 0.389. The Morgan fingerprint density at radius 1 is 0.929 bits per heavy atom. The number of ether oxygens (including phenoxy) is 1. The molecule has 0 unspecified atom stereocenters. The summed E-state index contributed by atoms with van der Waals surface area (Å²) in [6.07, 6.45) is 0. The highest BCUT2D eigenvalue weighted by Crippen LogP contribution is 2.31. The van der Waals surface area contributed by atoms with Crippen molar-refractivity contribution in [2.75, 3.05) is 38.2 Å². The highest BCUT2D eigenvalue weighted by atomic mass is 79.9. The fraction of sp³-hybridized carbons (Fsp3) is 0.278. The van der Waals surface area contributed by atoms with E-state index in [1.54, 1.807) is 18.2 Å². The van der Waals surface area contributed by atoms with E-state index in [4.69, 9.17) is 4.74 Å². The van der Waals surface area contributed by atoms with E-state index in [1.807, 2.05) is 0 Å². The van der Waals surface area contributed by atoms with Crippen LogP contribution in [0.15, 0.2) is 22.7 Å². The van der Waals surface area contributed by atoms with Gasteiger partial charge in [0, 0.05) is 31.7 Å². The summed E-state index contributed by atoms with van der Waals surface area (Å²) in [5.41, 5.74) is -0.604. The minimum absolute atomic E-state index is 0.0575. The SMILES string of the molecule is COc1ccc(C(=O)N2CCN(c3c(F)c(F)c(F)c(F)c3F)CC2)cc1Br. The number of methoxy groups -OCH3 is 1. The minimum atomic E-state index is -2.20. The van der Waals surface area contributed by atoms with E-state index in [2.05, 4.69) is 15.9 Å². The summed E-state index contributed by atoms with van der Waals surface area (Å²) >= 11 is 3.29. The molecule has 2 aromatic carbocycles. The van der Waals surface area contributed by atoms with Gasteiger partial charge in [0.1, 0.15) is 11.4 Å². The van der Waals surface area contributed by atoms with Crippen LogP contribution >= 0.6 is 15.9 Å². The zero-order chi connectivity index (χ0) is 20.6. The van der Waals surface area contributed by atoms with Crippen molar-refractivity contribution in [3.8, 4) is 5.75 Å². The van der Waals surface area contributed by atoms with Crippen molar-refractivity contribution < 1.29 is 31.5 Å². The fourth-order valence-electron chi connectivity index (χ4n) is 2.99. The van der Waals surface area contributed by atoms with Crippen molar-refractivity contribution in [2.24, 2.45) is 0 Å². The Labute approximate surface area is 165 Å². The lowest BCUT2D eigenvalue weighted by molar-refractivity contribution is 0.0746. The molecule has 28 heavy (non-hydrogen) atoms. The van der Waals surface area contributed by atoms with Crippen molar-refractivity contribution in [1.29, 1.82) is 0 Å². The molecule has 150 valence electrons. The van der Waals surface area contributed by atoms with Crippen LogP contribution in [0.3, 0.4) is 0 Å². The second-order valence-electron chi connectivity index (χ2n) is 6.05. The molecule has 10 heteroatoms. The van der Waals surface area contributed by atoms with Crippen LogP contribution in [-0.2, 0) is 0 Å². The van der Waals surface area contributed by atoms with Crippen LogP contribution < -0.4 is 9.64 Å². The first-order chi connectivity index (χ1) is 13.3. The van der Waals surface area contributed by atoms with Gasteiger partial charge in [0.15, 0.2) is 23.3 Å². The molecule has 0 bridgehead atoms.